The molecule has 0 amide bonds. The van der Waals surface area contributed by atoms with E-state index in [9.17, 15) is 8.42 Å². The molecule has 0 aliphatic rings. The fourth-order valence-corrected chi connectivity index (χ4v) is 3.18. The summed E-state index contributed by atoms with van der Waals surface area (Å²) in [6, 6.07) is 14.4. The van der Waals surface area contributed by atoms with Gasteiger partial charge in [0, 0.05) is 5.69 Å². The highest BCUT2D eigenvalue weighted by molar-refractivity contribution is 7.92. The number of tetrazole rings is 1. The summed E-state index contributed by atoms with van der Waals surface area (Å²) in [4.78, 5) is 0. The number of hydrogen-bond acceptors (Lipinski definition) is 6. The highest BCUT2D eigenvalue weighted by Crippen LogP contribution is 2.15. The monoisotopic (exact) mass is 373 g/mol. The predicted octanol–water partition coefficient (Wildman–Crippen LogP) is 2.05. The van der Waals surface area contributed by atoms with E-state index >= 15 is 0 Å². The maximum Gasteiger partial charge on any atom is 0.236 e. The maximum absolute atomic E-state index is 12.2. The minimum atomic E-state index is -3.51. The van der Waals surface area contributed by atoms with Gasteiger partial charge in [-0.3, -0.25) is 4.72 Å². The average Bonchev–Trinajstić information content (AvgIpc) is 3.17. The molecule has 1 heterocycles. The van der Waals surface area contributed by atoms with Crippen molar-refractivity contribution in [2.45, 2.75) is 13.3 Å². The average molecular weight is 373 g/mol. The van der Waals surface area contributed by atoms with Crippen LogP contribution in [0.5, 0.6) is 5.75 Å². The van der Waals surface area contributed by atoms with Gasteiger partial charge in [-0.25, -0.2) is 13.1 Å². The molecular formula is C17H19N5O3S. The Hall–Kier alpha value is -2.94. The molecule has 3 aromatic rings. The van der Waals surface area contributed by atoms with Crippen LogP contribution in [0.4, 0.5) is 5.69 Å². The van der Waals surface area contributed by atoms with Gasteiger partial charge in [0.1, 0.15) is 24.4 Å². The summed E-state index contributed by atoms with van der Waals surface area (Å²) >= 11 is 0. The zero-order chi connectivity index (χ0) is 18.4. The first-order chi connectivity index (χ1) is 12.6. The lowest BCUT2D eigenvalue weighted by Crippen LogP contribution is -2.21. The second kappa shape index (κ2) is 7.96. The van der Waals surface area contributed by atoms with Crippen molar-refractivity contribution in [2.24, 2.45) is 0 Å². The first kappa shape index (κ1) is 17.9. The molecule has 0 fully saturated rings. The van der Waals surface area contributed by atoms with Gasteiger partial charge >= 0.3 is 0 Å². The fraction of sp³-hybridized carbons (Fsp3) is 0.235. The second-order valence-electron chi connectivity index (χ2n) is 5.57. The standard InChI is InChI=1S/C17H19N5O3S/c1-2-14-3-9-17(10-4-14)25-11-12-26(23,24)19-15-5-7-16(8-6-15)22-13-18-20-21-22/h3-10,13,19H,2,11-12H2,1H3. The van der Waals surface area contributed by atoms with Crippen LogP contribution in [0.2, 0.25) is 0 Å². The highest BCUT2D eigenvalue weighted by atomic mass is 32.2. The molecule has 0 radical (unpaired) electrons. The van der Waals surface area contributed by atoms with Crippen molar-refractivity contribution in [1.29, 1.82) is 0 Å². The van der Waals surface area contributed by atoms with Crippen LogP contribution in [0.3, 0.4) is 0 Å². The molecule has 0 atom stereocenters. The van der Waals surface area contributed by atoms with Gasteiger partial charge in [-0.1, -0.05) is 19.1 Å². The molecule has 0 aliphatic carbocycles. The molecule has 8 nitrogen and oxygen atoms in total. The highest BCUT2D eigenvalue weighted by Gasteiger charge is 2.11. The Morgan fingerprint density at radius 2 is 1.81 bits per heavy atom. The van der Waals surface area contributed by atoms with Crippen molar-refractivity contribution in [1.82, 2.24) is 20.2 Å². The number of hydrogen-bond donors (Lipinski definition) is 1. The van der Waals surface area contributed by atoms with Gasteiger partial charge < -0.3 is 4.74 Å². The molecule has 1 aromatic heterocycles. The molecule has 0 spiro atoms. The maximum atomic E-state index is 12.2. The third-order valence-corrected chi connectivity index (χ3v) is 4.96. The Morgan fingerprint density at radius 1 is 1.08 bits per heavy atom. The summed E-state index contributed by atoms with van der Waals surface area (Å²) in [5.41, 5.74) is 2.41. The van der Waals surface area contributed by atoms with Crippen LogP contribution in [0.15, 0.2) is 54.9 Å². The first-order valence-corrected chi connectivity index (χ1v) is 9.76. The number of ether oxygens (including phenoxy) is 1. The molecule has 0 bridgehead atoms. The minimum absolute atomic E-state index is 0.0729. The largest absolute Gasteiger partial charge is 0.492 e. The van der Waals surface area contributed by atoms with Gasteiger partial charge in [-0.15, -0.1) is 5.10 Å². The Kier molecular flexibility index (Phi) is 5.47. The lowest BCUT2D eigenvalue weighted by molar-refractivity contribution is 0.341. The van der Waals surface area contributed by atoms with Crippen molar-refractivity contribution in [2.75, 3.05) is 17.1 Å². The second-order valence-corrected chi connectivity index (χ2v) is 7.41. The third kappa shape index (κ3) is 4.79. The van der Waals surface area contributed by atoms with Crippen LogP contribution in [0, 0.1) is 0 Å². The minimum Gasteiger partial charge on any atom is -0.492 e. The van der Waals surface area contributed by atoms with Gasteiger partial charge in [0.05, 0.1) is 5.69 Å². The molecule has 0 saturated carbocycles. The fourth-order valence-electron chi connectivity index (χ4n) is 2.28. The Labute approximate surface area is 151 Å². The summed E-state index contributed by atoms with van der Waals surface area (Å²) in [6.45, 7) is 2.15. The zero-order valence-electron chi connectivity index (χ0n) is 14.2. The lowest BCUT2D eigenvalue weighted by atomic mass is 10.2. The molecule has 136 valence electrons. The summed E-state index contributed by atoms with van der Waals surface area (Å²) in [7, 11) is -3.51. The lowest BCUT2D eigenvalue weighted by Gasteiger charge is -2.10. The number of benzene rings is 2. The van der Waals surface area contributed by atoms with E-state index in [1.165, 1.54) is 16.6 Å². The van der Waals surface area contributed by atoms with Crippen LogP contribution in [0.1, 0.15) is 12.5 Å². The van der Waals surface area contributed by atoms with Crippen molar-refractivity contribution >= 4 is 15.7 Å². The molecule has 26 heavy (non-hydrogen) atoms. The van der Waals surface area contributed by atoms with Crippen LogP contribution in [0.25, 0.3) is 5.69 Å². The summed E-state index contributed by atoms with van der Waals surface area (Å²) in [6.07, 6.45) is 2.41. The van der Waals surface area contributed by atoms with E-state index in [1.807, 2.05) is 24.3 Å². The zero-order valence-corrected chi connectivity index (χ0v) is 15.1. The Bertz CT molecular complexity index is 924. The quantitative estimate of drug-likeness (QED) is 0.649. The first-order valence-electron chi connectivity index (χ1n) is 8.11. The van der Waals surface area contributed by atoms with E-state index in [1.54, 1.807) is 24.3 Å². The molecule has 1 N–H and O–H groups in total. The van der Waals surface area contributed by atoms with Crippen LogP contribution >= 0.6 is 0 Å². The summed E-state index contributed by atoms with van der Waals surface area (Å²) < 4.78 is 33.9. The van der Waals surface area contributed by atoms with Crippen LogP contribution in [-0.4, -0.2) is 41.0 Å². The molecule has 9 heteroatoms. The van der Waals surface area contributed by atoms with Crippen molar-refractivity contribution in [3.8, 4) is 11.4 Å². The number of nitrogens with zero attached hydrogens (tertiary/aromatic N) is 4. The number of nitrogens with one attached hydrogen (secondary N) is 1. The van der Waals surface area contributed by atoms with Gasteiger partial charge in [0.2, 0.25) is 10.0 Å². The molecular weight excluding hydrogens is 354 g/mol. The van der Waals surface area contributed by atoms with Gasteiger partial charge in [0.15, 0.2) is 0 Å². The third-order valence-electron chi connectivity index (χ3n) is 3.71. The molecule has 0 aliphatic heterocycles. The predicted molar refractivity (Wildman–Crippen MR) is 97.9 cm³/mol. The number of sulfonamides is 1. The van der Waals surface area contributed by atoms with Crippen molar-refractivity contribution < 1.29 is 13.2 Å². The molecule has 0 unspecified atom stereocenters. The van der Waals surface area contributed by atoms with E-state index in [0.717, 1.165) is 12.1 Å². The van der Waals surface area contributed by atoms with E-state index in [-0.39, 0.29) is 12.4 Å². The van der Waals surface area contributed by atoms with Crippen molar-refractivity contribution in [3.63, 3.8) is 0 Å². The number of rotatable bonds is 8. The van der Waals surface area contributed by atoms with E-state index in [2.05, 4.69) is 27.2 Å². The van der Waals surface area contributed by atoms with E-state index in [4.69, 9.17) is 4.74 Å². The molecule has 3 rings (SSSR count). The number of anilines is 1. The topological polar surface area (TPSA) is 99.0 Å². The number of aromatic nitrogens is 4. The van der Waals surface area contributed by atoms with Gasteiger partial charge in [0.25, 0.3) is 0 Å². The van der Waals surface area contributed by atoms with Gasteiger partial charge in [-0.05, 0) is 58.8 Å². The van der Waals surface area contributed by atoms with Crippen LogP contribution < -0.4 is 9.46 Å². The SMILES string of the molecule is CCc1ccc(OCCS(=O)(=O)Nc2ccc(-n3cnnn3)cc2)cc1. The summed E-state index contributed by atoms with van der Waals surface area (Å²) in [5.74, 6) is 0.514. The van der Waals surface area contributed by atoms with E-state index < -0.39 is 10.0 Å². The summed E-state index contributed by atoms with van der Waals surface area (Å²) in [5, 5.41) is 10.9. The van der Waals surface area contributed by atoms with Crippen LogP contribution in [-0.2, 0) is 16.4 Å². The van der Waals surface area contributed by atoms with E-state index in [0.29, 0.717) is 11.4 Å². The number of aryl methyl sites for hydroxylation is 1. The Balaban J connectivity index is 1.53. The molecule has 2 aromatic carbocycles. The van der Waals surface area contributed by atoms with Crippen molar-refractivity contribution in [3.05, 3.63) is 60.4 Å². The molecule has 0 saturated heterocycles. The van der Waals surface area contributed by atoms with Gasteiger partial charge in [-0.2, -0.15) is 0 Å². The normalized spacial score (nSPS) is 11.3. The Morgan fingerprint density at radius 3 is 2.42 bits per heavy atom. The smallest absolute Gasteiger partial charge is 0.236 e.